The Kier molecular flexibility index (Phi) is 6.01. The number of rotatable bonds is 5. The van der Waals surface area contributed by atoms with Crippen LogP contribution in [0.15, 0.2) is 24.3 Å². The molecular weight excluding hydrogens is 333 g/mol. The predicted molar refractivity (Wildman–Crippen MR) is 76.7 cm³/mol. The van der Waals surface area contributed by atoms with E-state index >= 15 is 0 Å². The fourth-order valence-corrected chi connectivity index (χ4v) is 2.93. The molecule has 1 aromatic carbocycles. The van der Waals surface area contributed by atoms with Crippen LogP contribution in [0.5, 0.6) is 5.75 Å². The highest BCUT2D eigenvalue weighted by Gasteiger charge is 2.45. The number of hydrogen-bond donors (Lipinski definition) is 1. The van der Waals surface area contributed by atoms with Crippen molar-refractivity contribution in [1.29, 1.82) is 0 Å². The van der Waals surface area contributed by atoms with Crippen LogP contribution in [0.1, 0.15) is 31.2 Å². The molecule has 1 N–H and O–H groups in total. The van der Waals surface area contributed by atoms with Crippen molar-refractivity contribution in [2.45, 2.75) is 50.9 Å². The minimum absolute atomic E-state index is 0.0219. The van der Waals surface area contributed by atoms with Gasteiger partial charge in [-0.1, -0.05) is 25.0 Å². The third kappa shape index (κ3) is 5.35. The summed E-state index contributed by atoms with van der Waals surface area (Å²) >= 11 is 0. The molecule has 1 fully saturated rings. The molecule has 0 bridgehead atoms. The minimum atomic E-state index is -4.33. The quantitative estimate of drug-likeness (QED) is 0.812. The normalized spacial score (nSPS) is 21.6. The highest BCUT2D eigenvalue weighted by molar-refractivity contribution is 5.79. The lowest BCUT2D eigenvalue weighted by Crippen LogP contribution is -2.48. The number of amides is 1. The van der Waals surface area contributed by atoms with E-state index in [1.165, 1.54) is 24.3 Å². The van der Waals surface area contributed by atoms with Gasteiger partial charge in [-0.3, -0.25) is 4.79 Å². The predicted octanol–water partition coefficient (Wildman–Crippen LogP) is 4.07. The average molecular weight is 351 g/mol. The Labute approximate surface area is 136 Å². The van der Waals surface area contributed by atoms with Crippen molar-refractivity contribution in [3.8, 4) is 5.75 Å². The molecule has 0 heterocycles. The van der Waals surface area contributed by atoms with E-state index in [0.717, 1.165) is 0 Å². The molecule has 0 aliphatic heterocycles. The number of alkyl halides is 5. The van der Waals surface area contributed by atoms with Crippen molar-refractivity contribution in [2.24, 2.45) is 5.92 Å². The molecule has 1 aromatic rings. The maximum Gasteiger partial charge on any atom is 0.393 e. The van der Waals surface area contributed by atoms with Crippen LogP contribution in [0.25, 0.3) is 0 Å². The Hall–Kier alpha value is -1.86. The monoisotopic (exact) mass is 351 g/mol. The first kappa shape index (κ1) is 18.5. The van der Waals surface area contributed by atoms with E-state index in [4.69, 9.17) is 0 Å². The first-order chi connectivity index (χ1) is 11.3. The van der Waals surface area contributed by atoms with E-state index in [0.29, 0.717) is 24.8 Å². The molecule has 1 amide bonds. The van der Waals surface area contributed by atoms with Gasteiger partial charge in [-0.05, 0) is 30.5 Å². The fourth-order valence-electron chi connectivity index (χ4n) is 2.93. The molecule has 0 spiro atoms. The van der Waals surface area contributed by atoms with Crippen molar-refractivity contribution in [1.82, 2.24) is 5.32 Å². The molecular formula is C16H18F5NO2. The summed E-state index contributed by atoms with van der Waals surface area (Å²) < 4.78 is 67.3. The standard InChI is InChI=1S/C16H18F5NO2/c17-15(18)24-11-7-5-10(6-8-11)9-14(23)22-13-4-2-1-3-12(13)16(19,20)21/h5-8,12-13,15H,1-4,9H2,(H,22,23). The van der Waals surface area contributed by atoms with Crippen LogP contribution in [-0.4, -0.2) is 24.7 Å². The molecule has 134 valence electrons. The molecule has 1 aliphatic rings. The molecule has 0 saturated heterocycles. The zero-order valence-corrected chi connectivity index (χ0v) is 12.8. The van der Waals surface area contributed by atoms with Crippen LogP contribution in [0.4, 0.5) is 22.0 Å². The van der Waals surface area contributed by atoms with Gasteiger partial charge >= 0.3 is 12.8 Å². The van der Waals surface area contributed by atoms with Crippen molar-refractivity contribution in [3.05, 3.63) is 29.8 Å². The van der Waals surface area contributed by atoms with Crippen LogP contribution >= 0.6 is 0 Å². The summed E-state index contributed by atoms with van der Waals surface area (Å²) in [7, 11) is 0. The maximum absolute atomic E-state index is 13.0. The van der Waals surface area contributed by atoms with Gasteiger partial charge in [0.2, 0.25) is 5.91 Å². The van der Waals surface area contributed by atoms with Crippen LogP contribution in [0, 0.1) is 5.92 Å². The second-order valence-electron chi connectivity index (χ2n) is 5.81. The second-order valence-corrected chi connectivity index (χ2v) is 5.81. The van der Waals surface area contributed by atoms with Crippen molar-refractivity contribution in [2.75, 3.05) is 0 Å². The largest absolute Gasteiger partial charge is 0.435 e. The van der Waals surface area contributed by atoms with E-state index in [2.05, 4.69) is 10.1 Å². The molecule has 2 atom stereocenters. The van der Waals surface area contributed by atoms with Gasteiger partial charge in [0, 0.05) is 6.04 Å². The highest BCUT2D eigenvalue weighted by Crippen LogP contribution is 2.37. The number of carbonyl (C=O) groups is 1. The zero-order chi connectivity index (χ0) is 17.7. The van der Waals surface area contributed by atoms with Gasteiger partial charge < -0.3 is 10.1 Å². The lowest BCUT2D eigenvalue weighted by atomic mass is 9.84. The molecule has 0 radical (unpaired) electrons. The lowest BCUT2D eigenvalue weighted by Gasteiger charge is -2.33. The molecule has 2 unspecified atom stereocenters. The zero-order valence-electron chi connectivity index (χ0n) is 12.8. The van der Waals surface area contributed by atoms with Crippen LogP contribution in [0.2, 0.25) is 0 Å². The number of carbonyl (C=O) groups excluding carboxylic acids is 1. The van der Waals surface area contributed by atoms with Gasteiger partial charge in [-0.15, -0.1) is 0 Å². The lowest BCUT2D eigenvalue weighted by molar-refractivity contribution is -0.189. The van der Waals surface area contributed by atoms with Gasteiger partial charge in [0.1, 0.15) is 5.75 Å². The number of halogens is 5. The fraction of sp³-hybridized carbons (Fsp3) is 0.562. The molecule has 24 heavy (non-hydrogen) atoms. The summed E-state index contributed by atoms with van der Waals surface area (Å²) in [4.78, 5) is 12.0. The Morgan fingerprint density at radius 2 is 1.79 bits per heavy atom. The Balaban J connectivity index is 1.92. The summed E-state index contributed by atoms with van der Waals surface area (Å²) in [6, 6.07) is 4.52. The highest BCUT2D eigenvalue weighted by atomic mass is 19.4. The first-order valence-electron chi connectivity index (χ1n) is 7.65. The van der Waals surface area contributed by atoms with Crippen LogP contribution < -0.4 is 10.1 Å². The SMILES string of the molecule is O=C(Cc1ccc(OC(F)F)cc1)NC1CCCCC1C(F)(F)F. The Morgan fingerprint density at radius 3 is 2.38 bits per heavy atom. The van der Waals surface area contributed by atoms with E-state index in [1.54, 1.807) is 0 Å². The smallest absolute Gasteiger partial charge is 0.393 e. The number of ether oxygens (including phenoxy) is 1. The van der Waals surface area contributed by atoms with Crippen molar-refractivity contribution in [3.63, 3.8) is 0 Å². The summed E-state index contributed by atoms with van der Waals surface area (Å²) in [5, 5.41) is 2.46. The average Bonchev–Trinajstić information content (AvgIpc) is 2.48. The third-order valence-electron chi connectivity index (χ3n) is 4.05. The van der Waals surface area contributed by atoms with E-state index in [1.807, 2.05) is 0 Å². The summed E-state index contributed by atoms with van der Waals surface area (Å²) in [5.74, 6) is -2.07. The minimum Gasteiger partial charge on any atom is -0.435 e. The third-order valence-corrected chi connectivity index (χ3v) is 4.05. The number of nitrogens with one attached hydrogen (secondary N) is 1. The van der Waals surface area contributed by atoms with Gasteiger partial charge in [0.05, 0.1) is 12.3 Å². The summed E-state index contributed by atoms with van der Waals surface area (Å²) in [6.45, 7) is -2.94. The molecule has 3 nitrogen and oxygen atoms in total. The molecule has 8 heteroatoms. The van der Waals surface area contributed by atoms with E-state index in [9.17, 15) is 26.7 Å². The van der Waals surface area contributed by atoms with Crippen molar-refractivity contribution < 1.29 is 31.5 Å². The molecule has 0 aromatic heterocycles. The van der Waals surface area contributed by atoms with Gasteiger partial charge in [-0.2, -0.15) is 22.0 Å². The van der Waals surface area contributed by atoms with E-state index in [-0.39, 0.29) is 18.6 Å². The molecule has 1 saturated carbocycles. The topological polar surface area (TPSA) is 38.3 Å². The first-order valence-corrected chi connectivity index (χ1v) is 7.65. The van der Waals surface area contributed by atoms with Crippen molar-refractivity contribution >= 4 is 5.91 Å². The van der Waals surface area contributed by atoms with Gasteiger partial charge in [0.25, 0.3) is 0 Å². The Morgan fingerprint density at radius 1 is 1.17 bits per heavy atom. The number of hydrogen-bond acceptors (Lipinski definition) is 2. The maximum atomic E-state index is 13.0. The van der Waals surface area contributed by atoms with Gasteiger partial charge in [0.15, 0.2) is 0 Å². The second kappa shape index (κ2) is 7.81. The molecule has 2 rings (SSSR count). The van der Waals surface area contributed by atoms with Crippen LogP contribution in [-0.2, 0) is 11.2 Å². The Bertz CT molecular complexity index is 544. The number of benzene rings is 1. The molecule has 1 aliphatic carbocycles. The van der Waals surface area contributed by atoms with E-state index < -0.39 is 30.7 Å². The summed E-state index contributed by atoms with van der Waals surface area (Å²) in [6.07, 6.45) is -2.97. The summed E-state index contributed by atoms with van der Waals surface area (Å²) in [5.41, 5.74) is 0.508. The van der Waals surface area contributed by atoms with Gasteiger partial charge in [-0.25, -0.2) is 0 Å². The van der Waals surface area contributed by atoms with Crippen LogP contribution in [0.3, 0.4) is 0 Å².